The average molecular weight is 261 g/mol. The molecule has 2 rings (SSSR count). The van der Waals surface area contributed by atoms with Gasteiger partial charge in [0.25, 0.3) is 5.91 Å². The summed E-state index contributed by atoms with van der Waals surface area (Å²) < 4.78 is 0. The number of nitrogen functional groups attached to an aromatic ring is 1. The zero-order valence-corrected chi connectivity index (χ0v) is 10.7. The molecule has 0 heterocycles. The summed E-state index contributed by atoms with van der Waals surface area (Å²) in [5, 5.41) is 0.458. The number of nitrogens with zero attached hydrogens (tertiary/aromatic N) is 1. The Morgan fingerprint density at radius 1 is 1.17 bits per heavy atom. The van der Waals surface area contributed by atoms with Crippen LogP contribution in [0.1, 0.15) is 10.4 Å². The van der Waals surface area contributed by atoms with Crippen molar-refractivity contribution in [3.05, 3.63) is 59.1 Å². The topological polar surface area (TPSA) is 46.3 Å². The van der Waals surface area contributed by atoms with Crippen LogP contribution in [0, 0.1) is 0 Å². The lowest BCUT2D eigenvalue weighted by Crippen LogP contribution is -2.26. The molecule has 3 nitrogen and oxygen atoms in total. The Morgan fingerprint density at radius 3 is 2.44 bits per heavy atom. The molecule has 0 atom stereocenters. The third kappa shape index (κ3) is 2.63. The molecule has 0 radical (unpaired) electrons. The van der Waals surface area contributed by atoms with Crippen LogP contribution in [0.4, 0.5) is 11.4 Å². The molecule has 1 amide bonds. The van der Waals surface area contributed by atoms with E-state index in [-0.39, 0.29) is 5.91 Å². The van der Waals surface area contributed by atoms with Gasteiger partial charge in [-0.05, 0) is 30.3 Å². The van der Waals surface area contributed by atoms with Crippen molar-refractivity contribution in [2.45, 2.75) is 0 Å². The molecule has 2 aromatic carbocycles. The highest BCUT2D eigenvalue weighted by Crippen LogP contribution is 2.20. The molecule has 0 aliphatic rings. The maximum absolute atomic E-state index is 12.3. The van der Waals surface area contributed by atoms with Gasteiger partial charge in [0.05, 0.1) is 0 Å². The summed E-state index contributed by atoms with van der Waals surface area (Å²) in [5.41, 5.74) is 7.46. The normalized spacial score (nSPS) is 10.1. The summed E-state index contributed by atoms with van der Waals surface area (Å²) in [6.45, 7) is 0. The van der Waals surface area contributed by atoms with Gasteiger partial charge in [-0.2, -0.15) is 0 Å². The number of amides is 1. The molecule has 0 spiro atoms. The molecule has 0 aromatic heterocycles. The first-order valence-corrected chi connectivity index (χ1v) is 5.85. The molecule has 2 aromatic rings. The van der Waals surface area contributed by atoms with Crippen molar-refractivity contribution in [2.24, 2.45) is 0 Å². The van der Waals surface area contributed by atoms with Gasteiger partial charge in [-0.1, -0.05) is 29.8 Å². The quantitative estimate of drug-likeness (QED) is 0.843. The van der Waals surface area contributed by atoms with Gasteiger partial charge in [0.15, 0.2) is 0 Å². The van der Waals surface area contributed by atoms with E-state index in [0.29, 0.717) is 16.3 Å². The van der Waals surface area contributed by atoms with E-state index in [2.05, 4.69) is 0 Å². The Kier molecular flexibility index (Phi) is 3.53. The van der Waals surface area contributed by atoms with E-state index in [1.807, 2.05) is 30.3 Å². The van der Waals surface area contributed by atoms with Crippen molar-refractivity contribution in [2.75, 3.05) is 17.7 Å². The minimum Gasteiger partial charge on any atom is -0.399 e. The predicted molar refractivity (Wildman–Crippen MR) is 75.0 cm³/mol. The standard InChI is InChI=1S/C14H13ClN2O/c1-17(13-5-3-2-4-6-13)14(18)10-7-11(15)9-12(16)8-10/h2-9H,16H2,1H3. The number of benzene rings is 2. The molecular weight excluding hydrogens is 248 g/mol. The highest BCUT2D eigenvalue weighted by atomic mass is 35.5. The largest absolute Gasteiger partial charge is 0.399 e. The van der Waals surface area contributed by atoms with E-state index in [4.69, 9.17) is 17.3 Å². The lowest BCUT2D eigenvalue weighted by Gasteiger charge is -2.17. The number of carbonyl (C=O) groups is 1. The summed E-state index contributed by atoms with van der Waals surface area (Å²) in [4.78, 5) is 13.8. The molecule has 0 saturated carbocycles. The number of hydrogen-bond acceptors (Lipinski definition) is 2. The minimum atomic E-state index is -0.143. The number of nitrogens with two attached hydrogens (primary N) is 1. The van der Waals surface area contributed by atoms with Crippen LogP contribution in [-0.2, 0) is 0 Å². The van der Waals surface area contributed by atoms with E-state index < -0.39 is 0 Å². The molecule has 0 bridgehead atoms. The number of para-hydroxylation sites is 1. The van der Waals surface area contributed by atoms with Crippen molar-refractivity contribution in [1.29, 1.82) is 0 Å². The minimum absolute atomic E-state index is 0.143. The average Bonchev–Trinajstić information content (AvgIpc) is 2.37. The van der Waals surface area contributed by atoms with Crippen LogP contribution in [-0.4, -0.2) is 13.0 Å². The molecule has 18 heavy (non-hydrogen) atoms. The summed E-state index contributed by atoms with van der Waals surface area (Å²) in [5.74, 6) is -0.143. The van der Waals surface area contributed by atoms with Crippen molar-refractivity contribution >= 4 is 28.9 Å². The van der Waals surface area contributed by atoms with Crippen LogP contribution in [0.5, 0.6) is 0 Å². The molecule has 0 unspecified atom stereocenters. The lowest BCUT2D eigenvalue weighted by molar-refractivity contribution is 0.0993. The van der Waals surface area contributed by atoms with Gasteiger partial charge in [-0.3, -0.25) is 4.79 Å². The lowest BCUT2D eigenvalue weighted by atomic mass is 10.1. The monoisotopic (exact) mass is 260 g/mol. The fourth-order valence-electron chi connectivity index (χ4n) is 1.70. The molecule has 4 heteroatoms. The van der Waals surface area contributed by atoms with Gasteiger partial charge >= 0.3 is 0 Å². The number of halogens is 1. The summed E-state index contributed by atoms with van der Waals surface area (Å²) in [6, 6.07) is 14.2. The van der Waals surface area contributed by atoms with Crippen LogP contribution in [0.2, 0.25) is 5.02 Å². The SMILES string of the molecule is CN(C(=O)c1cc(N)cc(Cl)c1)c1ccccc1. The second-order valence-electron chi connectivity index (χ2n) is 3.97. The zero-order valence-electron chi connectivity index (χ0n) is 9.93. The third-order valence-electron chi connectivity index (χ3n) is 2.62. The van der Waals surface area contributed by atoms with Crippen molar-refractivity contribution in [3.63, 3.8) is 0 Å². The number of hydrogen-bond donors (Lipinski definition) is 1. The molecule has 2 N–H and O–H groups in total. The van der Waals surface area contributed by atoms with Crippen LogP contribution in [0.3, 0.4) is 0 Å². The van der Waals surface area contributed by atoms with Gasteiger partial charge < -0.3 is 10.6 Å². The highest BCUT2D eigenvalue weighted by molar-refractivity contribution is 6.31. The zero-order chi connectivity index (χ0) is 13.1. The summed E-state index contributed by atoms with van der Waals surface area (Å²) in [7, 11) is 1.72. The molecule has 0 saturated heterocycles. The van der Waals surface area contributed by atoms with E-state index in [9.17, 15) is 4.79 Å². The smallest absolute Gasteiger partial charge is 0.258 e. The first kappa shape index (κ1) is 12.5. The molecule has 0 aliphatic heterocycles. The third-order valence-corrected chi connectivity index (χ3v) is 2.83. The molecule has 0 aliphatic carbocycles. The van der Waals surface area contributed by atoms with Crippen LogP contribution >= 0.6 is 11.6 Å². The van der Waals surface area contributed by atoms with Crippen LogP contribution < -0.4 is 10.6 Å². The second-order valence-corrected chi connectivity index (χ2v) is 4.41. The summed E-state index contributed by atoms with van der Waals surface area (Å²) in [6.07, 6.45) is 0. The number of carbonyl (C=O) groups excluding carboxylic acids is 1. The summed E-state index contributed by atoms with van der Waals surface area (Å²) >= 11 is 5.89. The van der Waals surface area contributed by atoms with Crippen LogP contribution in [0.15, 0.2) is 48.5 Å². The second kappa shape index (κ2) is 5.10. The van der Waals surface area contributed by atoms with Crippen LogP contribution in [0.25, 0.3) is 0 Å². The fourth-order valence-corrected chi connectivity index (χ4v) is 1.94. The van der Waals surface area contributed by atoms with Gasteiger partial charge in [0.2, 0.25) is 0 Å². The Balaban J connectivity index is 2.31. The molecule has 92 valence electrons. The maximum atomic E-state index is 12.3. The van der Waals surface area contributed by atoms with Crippen molar-refractivity contribution in [3.8, 4) is 0 Å². The van der Waals surface area contributed by atoms with Gasteiger partial charge in [-0.15, -0.1) is 0 Å². The van der Waals surface area contributed by atoms with E-state index >= 15 is 0 Å². The Labute approximate surface area is 111 Å². The fraction of sp³-hybridized carbons (Fsp3) is 0.0714. The van der Waals surface area contributed by atoms with Gasteiger partial charge in [0.1, 0.15) is 0 Å². The van der Waals surface area contributed by atoms with Gasteiger partial charge in [-0.25, -0.2) is 0 Å². The Hall–Kier alpha value is -2.00. The van der Waals surface area contributed by atoms with Crippen molar-refractivity contribution in [1.82, 2.24) is 0 Å². The van der Waals surface area contributed by atoms with E-state index in [0.717, 1.165) is 5.69 Å². The molecular formula is C14H13ClN2O. The van der Waals surface area contributed by atoms with Gasteiger partial charge in [0, 0.05) is 29.0 Å². The number of anilines is 2. The van der Waals surface area contributed by atoms with Crippen molar-refractivity contribution < 1.29 is 4.79 Å². The number of rotatable bonds is 2. The Bertz CT molecular complexity index is 549. The first-order valence-electron chi connectivity index (χ1n) is 5.47. The molecule has 0 fully saturated rings. The van der Waals surface area contributed by atoms with E-state index in [1.165, 1.54) is 0 Å². The predicted octanol–water partition coefficient (Wildman–Crippen LogP) is 3.20. The first-order chi connectivity index (χ1) is 8.58. The van der Waals surface area contributed by atoms with E-state index in [1.54, 1.807) is 30.1 Å². The Morgan fingerprint density at radius 2 is 1.83 bits per heavy atom. The maximum Gasteiger partial charge on any atom is 0.258 e. The highest BCUT2D eigenvalue weighted by Gasteiger charge is 2.14.